The van der Waals surface area contributed by atoms with Crippen LogP contribution in [0.25, 0.3) is 10.9 Å². The first-order valence-corrected chi connectivity index (χ1v) is 2.99. The van der Waals surface area contributed by atoms with Crippen LogP contribution in [-0.2, 0) is 0 Å². The minimum Gasteiger partial charge on any atom is -0.274 e. The van der Waals surface area contributed by atoms with Crippen molar-refractivity contribution in [2.24, 2.45) is 0 Å². The van der Waals surface area contributed by atoms with Crippen LogP contribution in [0.1, 0.15) is 0 Å². The first kappa shape index (κ1) is 6.27. The van der Waals surface area contributed by atoms with Crippen LogP contribution >= 0.6 is 0 Å². The molecule has 0 saturated carbocycles. The zero-order chi connectivity index (χ0) is 7.84. The van der Waals surface area contributed by atoms with E-state index in [1.165, 1.54) is 6.07 Å². The smallest absolute Gasteiger partial charge is 0.184 e. The van der Waals surface area contributed by atoms with E-state index in [0.29, 0.717) is 5.39 Å². The summed E-state index contributed by atoms with van der Waals surface area (Å²) in [6.07, 6.45) is 2.48. The number of aromatic amines is 1. The van der Waals surface area contributed by atoms with Crippen LogP contribution in [0.15, 0.2) is 12.1 Å². The van der Waals surface area contributed by atoms with Crippen LogP contribution in [0.5, 0.6) is 0 Å². The zero-order valence-electron chi connectivity index (χ0n) is 5.36. The number of hydrogen-bond donors (Lipinski definition) is 1. The van der Waals surface area contributed by atoms with Crippen LogP contribution < -0.4 is 0 Å². The molecule has 0 aliphatic rings. The standard InChI is InChI=1S/C7H3F2N2/c8-5-2-1-4-3-10-11-7(4)6(5)9/h1-2H,(H,10,11). The molecule has 0 fully saturated rings. The van der Waals surface area contributed by atoms with Crippen molar-refractivity contribution < 1.29 is 8.78 Å². The largest absolute Gasteiger partial charge is 0.274 e. The topological polar surface area (TPSA) is 28.7 Å². The molecule has 0 spiro atoms. The van der Waals surface area contributed by atoms with Gasteiger partial charge in [0, 0.05) is 5.39 Å². The number of hydrogen-bond acceptors (Lipinski definition) is 1. The highest BCUT2D eigenvalue weighted by atomic mass is 19.2. The predicted octanol–water partition coefficient (Wildman–Crippen LogP) is 1.64. The van der Waals surface area contributed by atoms with Gasteiger partial charge < -0.3 is 0 Å². The molecule has 2 aromatic rings. The Morgan fingerprint density at radius 3 is 3.00 bits per heavy atom. The van der Waals surface area contributed by atoms with Gasteiger partial charge in [-0.25, -0.2) is 8.78 Å². The third-order valence-electron chi connectivity index (χ3n) is 1.44. The fraction of sp³-hybridized carbons (Fsp3) is 0. The Kier molecular flexibility index (Phi) is 1.15. The lowest BCUT2D eigenvalue weighted by atomic mass is 10.2. The van der Waals surface area contributed by atoms with Crippen LogP contribution in [0, 0.1) is 17.8 Å². The van der Waals surface area contributed by atoms with E-state index in [1.54, 1.807) is 0 Å². The number of nitrogens with one attached hydrogen (secondary N) is 1. The van der Waals surface area contributed by atoms with Gasteiger partial charge in [0.1, 0.15) is 11.7 Å². The summed E-state index contributed by atoms with van der Waals surface area (Å²) in [6.45, 7) is 0. The summed E-state index contributed by atoms with van der Waals surface area (Å²) in [6, 6.07) is 2.46. The average molecular weight is 153 g/mol. The van der Waals surface area contributed by atoms with E-state index in [-0.39, 0.29) is 5.52 Å². The summed E-state index contributed by atoms with van der Waals surface area (Å²) in [5, 5.41) is 6.20. The van der Waals surface area contributed by atoms with Crippen molar-refractivity contribution in [1.82, 2.24) is 10.2 Å². The molecule has 2 nitrogen and oxygen atoms in total. The molecule has 55 valence electrons. The Balaban J connectivity index is 2.93. The van der Waals surface area contributed by atoms with E-state index in [2.05, 4.69) is 16.4 Å². The van der Waals surface area contributed by atoms with Gasteiger partial charge in [0.2, 0.25) is 0 Å². The molecule has 0 aliphatic carbocycles. The molecule has 0 saturated heterocycles. The molecule has 1 aromatic heterocycles. The molecule has 0 bridgehead atoms. The van der Waals surface area contributed by atoms with Crippen molar-refractivity contribution in [3.8, 4) is 0 Å². The summed E-state index contributed by atoms with van der Waals surface area (Å²) in [7, 11) is 0. The third kappa shape index (κ3) is 0.790. The maximum atomic E-state index is 12.8. The van der Waals surface area contributed by atoms with Gasteiger partial charge >= 0.3 is 0 Å². The Bertz CT molecular complexity index is 394. The Morgan fingerprint density at radius 1 is 1.36 bits per heavy atom. The molecule has 4 heteroatoms. The first-order valence-electron chi connectivity index (χ1n) is 2.99. The van der Waals surface area contributed by atoms with Gasteiger partial charge in [-0.2, -0.15) is 5.10 Å². The molecule has 0 aliphatic heterocycles. The van der Waals surface area contributed by atoms with E-state index in [0.717, 1.165) is 6.07 Å². The van der Waals surface area contributed by atoms with Crippen LogP contribution in [-0.4, -0.2) is 10.2 Å². The SMILES string of the molecule is Fc1ccc2[c]n[nH]c2c1F. The lowest BCUT2D eigenvalue weighted by molar-refractivity contribution is 0.515. The number of fused-ring (bicyclic) bond motifs is 1. The fourth-order valence-electron chi connectivity index (χ4n) is 0.897. The minimum absolute atomic E-state index is 0.0602. The van der Waals surface area contributed by atoms with Crippen molar-refractivity contribution in [3.05, 3.63) is 30.0 Å². The summed E-state index contributed by atoms with van der Waals surface area (Å²) in [5.74, 6) is -1.79. The molecule has 0 atom stereocenters. The van der Waals surface area contributed by atoms with Gasteiger partial charge in [0.25, 0.3) is 0 Å². The van der Waals surface area contributed by atoms with Gasteiger partial charge in [0.05, 0.1) is 0 Å². The van der Waals surface area contributed by atoms with E-state index in [4.69, 9.17) is 0 Å². The minimum atomic E-state index is -0.906. The van der Waals surface area contributed by atoms with E-state index < -0.39 is 11.6 Å². The maximum absolute atomic E-state index is 12.8. The Morgan fingerprint density at radius 2 is 2.18 bits per heavy atom. The number of nitrogens with zero attached hydrogens (tertiary/aromatic N) is 1. The highest BCUT2D eigenvalue weighted by molar-refractivity contribution is 5.77. The predicted molar refractivity (Wildman–Crippen MR) is 34.8 cm³/mol. The van der Waals surface area contributed by atoms with Gasteiger partial charge in [-0.05, 0) is 12.1 Å². The molecule has 1 N–H and O–H groups in total. The number of benzene rings is 1. The molecule has 0 amide bonds. The van der Waals surface area contributed by atoms with Crippen LogP contribution in [0.4, 0.5) is 8.78 Å². The second-order valence-corrected chi connectivity index (χ2v) is 2.12. The molecule has 1 heterocycles. The average Bonchev–Trinajstić information content (AvgIpc) is 2.45. The molecule has 2 rings (SSSR count). The third-order valence-corrected chi connectivity index (χ3v) is 1.44. The number of halogens is 2. The molecule has 1 aromatic carbocycles. The maximum Gasteiger partial charge on any atom is 0.184 e. The molecule has 1 radical (unpaired) electrons. The van der Waals surface area contributed by atoms with Gasteiger partial charge in [-0.3, -0.25) is 5.10 Å². The van der Waals surface area contributed by atoms with Crippen LogP contribution in [0.2, 0.25) is 0 Å². The van der Waals surface area contributed by atoms with Crippen molar-refractivity contribution in [1.29, 1.82) is 0 Å². The molecular weight excluding hydrogens is 150 g/mol. The lowest BCUT2D eigenvalue weighted by Crippen LogP contribution is -1.83. The summed E-state index contributed by atoms with van der Waals surface area (Å²) in [5.41, 5.74) is 0.0602. The highest BCUT2D eigenvalue weighted by Gasteiger charge is 2.07. The van der Waals surface area contributed by atoms with Crippen molar-refractivity contribution in [3.63, 3.8) is 0 Å². The van der Waals surface area contributed by atoms with E-state index in [1.807, 2.05) is 0 Å². The number of aromatic nitrogens is 2. The quantitative estimate of drug-likeness (QED) is 0.612. The number of rotatable bonds is 0. The monoisotopic (exact) mass is 153 g/mol. The van der Waals surface area contributed by atoms with E-state index in [9.17, 15) is 8.78 Å². The van der Waals surface area contributed by atoms with Crippen molar-refractivity contribution in [2.45, 2.75) is 0 Å². The van der Waals surface area contributed by atoms with Gasteiger partial charge in [-0.15, -0.1) is 0 Å². The number of H-pyrrole nitrogens is 1. The van der Waals surface area contributed by atoms with Gasteiger partial charge in [0.15, 0.2) is 11.6 Å². The molecule has 0 unspecified atom stereocenters. The normalized spacial score (nSPS) is 10.7. The second kappa shape index (κ2) is 2.02. The molecule has 11 heavy (non-hydrogen) atoms. The second-order valence-electron chi connectivity index (χ2n) is 2.12. The Labute approximate surface area is 60.8 Å². The lowest BCUT2D eigenvalue weighted by Gasteiger charge is -1.91. The first-order chi connectivity index (χ1) is 5.29. The fourth-order valence-corrected chi connectivity index (χ4v) is 0.897. The van der Waals surface area contributed by atoms with Crippen LogP contribution in [0.3, 0.4) is 0 Å². The summed E-state index contributed by atoms with van der Waals surface area (Å²) >= 11 is 0. The van der Waals surface area contributed by atoms with Gasteiger partial charge in [-0.1, -0.05) is 0 Å². The van der Waals surface area contributed by atoms with E-state index >= 15 is 0 Å². The highest BCUT2D eigenvalue weighted by Crippen LogP contribution is 2.16. The van der Waals surface area contributed by atoms with Crippen molar-refractivity contribution >= 4 is 10.9 Å². The zero-order valence-corrected chi connectivity index (χ0v) is 5.36. The van der Waals surface area contributed by atoms with Crippen molar-refractivity contribution in [2.75, 3.05) is 0 Å². The molecular formula is C7H3F2N2. The summed E-state index contributed by atoms with van der Waals surface area (Å²) < 4.78 is 25.3. The summed E-state index contributed by atoms with van der Waals surface area (Å²) in [4.78, 5) is 0. The Hall–Kier alpha value is -1.45.